The molecule has 5 amide bonds. The lowest BCUT2D eigenvalue weighted by atomic mass is 10.1. The fourth-order valence-electron chi connectivity index (χ4n) is 2.52. The van der Waals surface area contributed by atoms with Crippen molar-refractivity contribution in [2.24, 2.45) is 5.73 Å². The van der Waals surface area contributed by atoms with Crippen molar-refractivity contribution in [1.82, 2.24) is 5.32 Å². The number of anilines is 1. The van der Waals surface area contributed by atoms with Gasteiger partial charge in [0.05, 0.1) is 10.7 Å². The van der Waals surface area contributed by atoms with E-state index in [4.69, 9.17) is 33.7 Å². The zero-order chi connectivity index (χ0) is 21.1. The van der Waals surface area contributed by atoms with Crippen LogP contribution in [0.15, 0.2) is 48.0 Å². The lowest BCUT2D eigenvalue weighted by molar-refractivity contribution is -0.123. The number of carbonyl (C=O) groups excluding carboxylic acids is 4. The zero-order valence-corrected chi connectivity index (χ0v) is 16.2. The molecule has 2 aromatic carbocycles. The van der Waals surface area contributed by atoms with Crippen LogP contribution in [0.25, 0.3) is 6.08 Å². The first-order valence-electron chi connectivity index (χ1n) is 8.14. The van der Waals surface area contributed by atoms with Gasteiger partial charge in [-0.15, -0.1) is 0 Å². The number of halogens is 2. The van der Waals surface area contributed by atoms with Gasteiger partial charge >= 0.3 is 6.03 Å². The van der Waals surface area contributed by atoms with Crippen molar-refractivity contribution < 1.29 is 23.9 Å². The Morgan fingerprint density at radius 1 is 1.10 bits per heavy atom. The maximum Gasteiger partial charge on any atom is 0.335 e. The van der Waals surface area contributed by atoms with Crippen LogP contribution in [0, 0.1) is 0 Å². The summed E-state index contributed by atoms with van der Waals surface area (Å²) in [7, 11) is 0. The van der Waals surface area contributed by atoms with Gasteiger partial charge in [-0.25, -0.2) is 9.69 Å². The third-order valence-electron chi connectivity index (χ3n) is 3.82. The van der Waals surface area contributed by atoms with Crippen LogP contribution < -0.4 is 20.7 Å². The van der Waals surface area contributed by atoms with Crippen molar-refractivity contribution in [2.45, 2.75) is 0 Å². The molecule has 1 heterocycles. The Balaban J connectivity index is 1.91. The fraction of sp³-hybridized carbons (Fsp3) is 0.0526. The molecule has 3 N–H and O–H groups in total. The number of nitrogens with one attached hydrogen (secondary N) is 1. The second kappa shape index (κ2) is 8.34. The van der Waals surface area contributed by atoms with E-state index >= 15 is 0 Å². The SMILES string of the molecule is NC(=O)COc1ccc(/C=C2\C(=O)NC(=O)N(c3ccc(Cl)cc3)C2=O)cc1Cl. The Bertz CT molecular complexity index is 1050. The molecule has 0 saturated carbocycles. The Kier molecular flexibility index (Phi) is 5.86. The second-order valence-electron chi connectivity index (χ2n) is 5.88. The number of amides is 5. The number of nitrogens with zero attached hydrogens (tertiary/aromatic N) is 1. The summed E-state index contributed by atoms with van der Waals surface area (Å²) in [6.07, 6.45) is 1.29. The minimum absolute atomic E-state index is 0.148. The van der Waals surface area contributed by atoms with Crippen molar-refractivity contribution in [3.05, 3.63) is 63.6 Å². The topological polar surface area (TPSA) is 119 Å². The van der Waals surface area contributed by atoms with Gasteiger partial charge in [0.15, 0.2) is 6.61 Å². The van der Waals surface area contributed by atoms with Crippen LogP contribution in [0.4, 0.5) is 10.5 Å². The second-order valence-corrected chi connectivity index (χ2v) is 6.72. The van der Waals surface area contributed by atoms with Crippen molar-refractivity contribution in [1.29, 1.82) is 0 Å². The molecule has 0 radical (unpaired) electrons. The fourth-order valence-corrected chi connectivity index (χ4v) is 2.89. The molecule has 0 unspecified atom stereocenters. The number of imide groups is 2. The Morgan fingerprint density at radius 3 is 2.41 bits per heavy atom. The first-order chi connectivity index (χ1) is 13.8. The summed E-state index contributed by atoms with van der Waals surface area (Å²) in [5.74, 6) is -2.09. The molecule has 29 heavy (non-hydrogen) atoms. The molecule has 1 aliphatic rings. The lowest BCUT2D eigenvalue weighted by Crippen LogP contribution is -2.54. The maximum atomic E-state index is 12.8. The lowest BCUT2D eigenvalue weighted by Gasteiger charge is -2.26. The van der Waals surface area contributed by atoms with Crippen LogP contribution in [0.3, 0.4) is 0 Å². The van der Waals surface area contributed by atoms with E-state index < -0.39 is 23.8 Å². The number of hydrogen-bond acceptors (Lipinski definition) is 5. The summed E-state index contributed by atoms with van der Waals surface area (Å²) in [5.41, 5.74) is 5.42. The van der Waals surface area contributed by atoms with Gasteiger partial charge in [0.25, 0.3) is 17.7 Å². The smallest absolute Gasteiger partial charge is 0.335 e. The number of hydrogen-bond donors (Lipinski definition) is 2. The molecule has 1 saturated heterocycles. The Hall–Kier alpha value is -3.36. The van der Waals surface area contributed by atoms with Crippen molar-refractivity contribution in [3.63, 3.8) is 0 Å². The molecule has 0 spiro atoms. The highest BCUT2D eigenvalue weighted by Gasteiger charge is 2.36. The Labute approximate surface area is 174 Å². The molecule has 1 aliphatic heterocycles. The predicted octanol–water partition coefficient (Wildman–Crippen LogP) is 2.52. The van der Waals surface area contributed by atoms with Crippen LogP contribution in [-0.2, 0) is 14.4 Å². The molecule has 0 aromatic heterocycles. The number of carbonyl (C=O) groups is 4. The van der Waals surface area contributed by atoms with Crippen molar-refractivity contribution in [2.75, 3.05) is 11.5 Å². The predicted molar refractivity (Wildman–Crippen MR) is 107 cm³/mol. The molecule has 3 rings (SSSR count). The van der Waals surface area contributed by atoms with E-state index in [0.717, 1.165) is 4.90 Å². The third-order valence-corrected chi connectivity index (χ3v) is 4.37. The van der Waals surface area contributed by atoms with Gasteiger partial charge in [0.2, 0.25) is 0 Å². The monoisotopic (exact) mass is 433 g/mol. The van der Waals surface area contributed by atoms with E-state index in [0.29, 0.717) is 10.6 Å². The molecule has 10 heteroatoms. The highest BCUT2D eigenvalue weighted by Crippen LogP contribution is 2.28. The van der Waals surface area contributed by atoms with E-state index in [-0.39, 0.29) is 28.6 Å². The third kappa shape index (κ3) is 4.56. The summed E-state index contributed by atoms with van der Waals surface area (Å²) in [6, 6.07) is 9.55. The number of rotatable bonds is 5. The number of barbiturate groups is 1. The van der Waals surface area contributed by atoms with Gasteiger partial charge < -0.3 is 10.5 Å². The van der Waals surface area contributed by atoms with E-state index in [1.807, 2.05) is 0 Å². The molecule has 8 nitrogen and oxygen atoms in total. The van der Waals surface area contributed by atoms with E-state index in [9.17, 15) is 19.2 Å². The summed E-state index contributed by atoms with van der Waals surface area (Å²) >= 11 is 11.9. The average Bonchev–Trinajstić information content (AvgIpc) is 2.65. The van der Waals surface area contributed by atoms with Crippen LogP contribution in [0.1, 0.15) is 5.56 Å². The maximum absolute atomic E-state index is 12.8. The molecular weight excluding hydrogens is 421 g/mol. The molecule has 0 aliphatic carbocycles. The van der Waals surface area contributed by atoms with Crippen molar-refractivity contribution >= 4 is 58.7 Å². The molecule has 2 aromatic rings. The zero-order valence-electron chi connectivity index (χ0n) is 14.6. The van der Waals surface area contributed by atoms with E-state index in [2.05, 4.69) is 5.32 Å². The number of primary amides is 1. The minimum Gasteiger partial charge on any atom is -0.482 e. The number of ether oxygens (including phenoxy) is 1. The number of urea groups is 1. The van der Waals surface area contributed by atoms with Crippen LogP contribution in [0.2, 0.25) is 10.0 Å². The summed E-state index contributed by atoms with van der Waals surface area (Å²) in [5, 5.41) is 2.70. The van der Waals surface area contributed by atoms with Gasteiger partial charge in [-0.1, -0.05) is 29.3 Å². The molecular formula is C19H13Cl2N3O5. The number of nitrogens with two attached hydrogens (primary N) is 1. The first kappa shape index (κ1) is 20.4. The minimum atomic E-state index is -0.868. The summed E-state index contributed by atoms with van der Waals surface area (Å²) in [4.78, 5) is 48.8. The van der Waals surface area contributed by atoms with Gasteiger partial charge in [-0.2, -0.15) is 0 Å². The van der Waals surface area contributed by atoms with E-state index in [1.54, 1.807) is 0 Å². The summed E-state index contributed by atoms with van der Waals surface area (Å²) in [6.45, 7) is -0.348. The highest BCUT2D eigenvalue weighted by atomic mass is 35.5. The quantitative estimate of drug-likeness (QED) is 0.554. The normalized spacial score (nSPS) is 15.4. The number of benzene rings is 2. The average molecular weight is 434 g/mol. The van der Waals surface area contributed by atoms with E-state index in [1.165, 1.54) is 48.5 Å². The van der Waals surface area contributed by atoms with Gasteiger partial charge in [0.1, 0.15) is 11.3 Å². The van der Waals surface area contributed by atoms with Gasteiger partial charge in [0, 0.05) is 5.02 Å². The summed E-state index contributed by atoms with van der Waals surface area (Å²) < 4.78 is 5.15. The molecule has 1 fully saturated rings. The molecule has 0 atom stereocenters. The van der Waals surface area contributed by atoms with Gasteiger partial charge in [-0.05, 0) is 48.0 Å². The van der Waals surface area contributed by atoms with Crippen LogP contribution >= 0.6 is 23.2 Å². The van der Waals surface area contributed by atoms with Crippen LogP contribution in [-0.4, -0.2) is 30.4 Å². The standard InChI is InChI=1S/C19H13Cl2N3O5/c20-11-2-4-12(5-3-11)24-18(27)13(17(26)23-19(24)28)7-10-1-6-15(14(21)8-10)29-9-16(22)25/h1-8H,9H2,(H2,22,25)(H,23,26,28)/b13-7+. The highest BCUT2D eigenvalue weighted by molar-refractivity contribution is 6.39. The first-order valence-corrected chi connectivity index (χ1v) is 8.89. The molecule has 0 bridgehead atoms. The molecule has 148 valence electrons. The Morgan fingerprint density at radius 2 is 1.79 bits per heavy atom. The van der Waals surface area contributed by atoms with Crippen molar-refractivity contribution in [3.8, 4) is 5.75 Å². The largest absolute Gasteiger partial charge is 0.482 e. The van der Waals surface area contributed by atoms with Crippen LogP contribution in [0.5, 0.6) is 5.75 Å². The van der Waals surface area contributed by atoms with Gasteiger partial charge in [-0.3, -0.25) is 19.7 Å².